The zero-order valence-corrected chi connectivity index (χ0v) is 9.04. The Morgan fingerprint density at radius 3 is 1.50 bits per heavy atom. The first-order valence-electron chi connectivity index (χ1n) is 4.71. The van der Waals surface area contributed by atoms with E-state index in [9.17, 15) is 0 Å². The molecule has 1 N–H and O–H groups in total. The minimum atomic E-state index is 0. The first kappa shape index (κ1) is 11.7. The van der Waals surface area contributed by atoms with Crippen molar-refractivity contribution in [2.75, 3.05) is 0 Å². The standard InChI is InChI=1S/C9H19N.C2H4.H2/c1-8(2)6-5-7-9(3,4)10-8;1-2;/h10H,5-7H2,1-4H3;1-2H2;1H. The largest absolute Gasteiger partial charge is 0.307 e. The minimum absolute atomic E-state index is 0. The van der Waals surface area contributed by atoms with Gasteiger partial charge in [-0.25, -0.2) is 0 Å². The van der Waals surface area contributed by atoms with E-state index in [-0.39, 0.29) is 1.43 Å². The number of piperidine rings is 1. The summed E-state index contributed by atoms with van der Waals surface area (Å²) in [6.45, 7) is 15.1. The van der Waals surface area contributed by atoms with Gasteiger partial charge in [0.05, 0.1) is 0 Å². The molecule has 0 atom stereocenters. The van der Waals surface area contributed by atoms with Crippen LogP contribution in [-0.4, -0.2) is 11.1 Å². The Kier molecular flexibility index (Phi) is 3.98. The van der Waals surface area contributed by atoms with E-state index in [2.05, 4.69) is 46.2 Å². The summed E-state index contributed by atoms with van der Waals surface area (Å²) < 4.78 is 0. The average molecular weight is 171 g/mol. The molecule has 0 aromatic carbocycles. The molecular formula is C11H25N. The van der Waals surface area contributed by atoms with Gasteiger partial charge in [0, 0.05) is 12.5 Å². The summed E-state index contributed by atoms with van der Waals surface area (Å²) in [5.41, 5.74) is 0.726. The van der Waals surface area contributed by atoms with E-state index in [1.807, 2.05) is 0 Å². The molecule has 0 unspecified atom stereocenters. The molecular weight excluding hydrogens is 146 g/mol. The molecule has 0 amide bonds. The van der Waals surface area contributed by atoms with Gasteiger partial charge in [0.25, 0.3) is 0 Å². The van der Waals surface area contributed by atoms with Crippen molar-refractivity contribution in [3.63, 3.8) is 0 Å². The molecule has 74 valence electrons. The van der Waals surface area contributed by atoms with Gasteiger partial charge in [-0.05, 0) is 47.0 Å². The maximum atomic E-state index is 3.63. The van der Waals surface area contributed by atoms with Crippen molar-refractivity contribution < 1.29 is 1.43 Å². The average Bonchev–Trinajstić information content (AvgIpc) is 1.86. The molecule has 1 heteroatoms. The van der Waals surface area contributed by atoms with E-state index >= 15 is 0 Å². The lowest BCUT2D eigenvalue weighted by molar-refractivity contribution is 0.183. The lowest BCUT2D eigenvalue weighted by Crippen LogP contribution is -2.55. The second-order valence-electron chi connectivity index (χ2n) is 4.75. The molecule has 0 spiro atoms. The van der Waals surface area contributed by atoms with Crippen molar-refractivity contribution >= 4 is 0 Å². The van der Waals surface area contributed by atoms with Gasteiger partial charge in [-0.15, -0.1) is 13.2 Å². The molecule has 0 bridgehead atoms. The van der Waals surface area contributed by atoms with Crippen LogP contribution in [0.4, 0.5) is 0 Å². The zero-order valence-electron chi connectivity index (χ0n) is 9.04. The third-order valence-electron chi connectivity index (χ3n) is 2.28. The van der Waals surface area contributed by atoms with Crippen LogP contribution in [0.15, 0.2) is 13.2 Å². The summed E-state index contributed by atoms with van der Waals surface area (Å²) in [5.74, 6) is 0. The van der Waals surface area contributed by atoms with Crippen LogP contribution < -0.4 is 5.32 Å². The molecule has 0 radical (unpaired) electrons. The topological polar surface area (TPSA) is 12.0 Å². The Hall–Kier alpha value is -0.300. The van der Waals surface area contributed by atoms with E-state index in [0.29, 0.717) is 11.1 Å². The molecule has 1 aliphatic rings. The molecule has 0 saturated carbocycles. The van der Waals surface area contributed by atoms with Gasteiger partial charge in [-0.2, -0.15) is 0 Å². The Morgan fingerprint density at radius 2 is 1.33 bits per heavy atom. The second kappa shape index (κ2) is 4.08. The predicted octanol–water partition coefficient (Wildman–Crippen LogP) is 3.37. The van der Waals surface area contributed by atoms with Crippen molar-refractivity contribution in [3.05, 3.63) is 13.2 Å². The van der Waals surface area contributed by atoms with E-state index in [1.54, 1.807) is 0 Å². The Labute approximate surface area is 78.7 Å². The monoisotopic (exact) mass is 171 g/mol. The molecule has 12 heavy (non-hydrogen) atoms. The van der Waals surface area contributed by atoms with Crippen LogP contribution in [0.3, 0.4) is 0 Å². The molecule has 0 aliphatic carbocycles. The SMILES string of the molecule is C=C.CC1(C)CCCC(C)(C)N1.[HH]. The zero-order chi connectivity index (χ0) is 9.83. The van der Waals surface area contributed by atoms with Crippen LogP contribution in [-0.2, 0) is 0 Å². The molecule has 1 saturated heterocycles. The summed E-state index contributed by atoms with van der Waals surface area (Å²) in [7, 11) is 0. The fraction of sp³-hybridized carbons (Fsp3) is 0.818. The lowest BCUT2D eigenvalue weighted by Gasteiger charge is -2.42. The van der Waals surface area contributed by atoms with Crippen molar-refractivity contribution in [1.29, 1.82) is 0 Å². The summed E-state index contributed by atoms with van der Waals surface area (Å²) in [5, 5.41) is 3.63. The van der Waals surface area contributed by atoms with Gasteiger partial charge < -0.3 is 5.32 Å². The lowest BCUT2D eigenvalue weighted by atomic mass is 9.83. The van der Waals surface area contributed by atoms with Crippen LogP contribution in [0.25, 0.3) is 0 Å². The van der Waals surface area contributed by atoms with Crippen molar-refractivity contribution in [2.45, 2.75) is 58.0 Å². The number of nitrogens with one attached hydrogen (secondary N) is 1. The Bertz CT molecular complexity index is 127. The van der Waals surface area contributed by atoms with E-state index in [1.165, 1.54) is 19.3 Å². The second-order valence-corrected chi connectivity index (χ2v) is 4.75. The van der Waals surface area contributed by atoms with Crippen LogP contribution in [0, 0.1) is 0 Å². The summed E-state index contributed by atoms with van der Waals surface area (Å²) in [6, 6.07) is 0. The minimum Gasteiger partial charge on any atom is -0.307 e. The van der Waals surface area contributed by atoms with Gasteiger partial charge in [0.2, 0.25) is 0 Å². The van der Waals surface area contributed by atoms with Gasteiger partial charge in [0.1, 0.15) is 0 Å². The maximum Gasteiger partial charge on any atom is 0.0130 e. The number of hydrogen-bond donors (Lipinski definition) is 1. The smallest absolute Gasteiger partial charge is 0.0130 e. The fourth-order valence-corrected chi connectivity index (χ4v) is 2.01. The molecule has 0 aromatic rings. The van der Waals surface area contributed by atoms with Gasteiger partial charge in [-0.1, -0.05) is 0 Å². The van der Waals surface area contributed by atoms with Crippen LogP contribution >= 0.6 is 0 Å². The van der Waals surface area contributed by atoms with Gasteiger partial charge in [0.15, 0.2) is 0 Å². The Morgan fingerprint density at radius 1 is 1.00 bits per heavy atom. The summed E-state index contributed by atoms with van der Waals surface area (Å²) in [4.78, 5) is 0. The highest BCUT2D eigenvalue weighted by Gasteiger charge is 2.31. The molecule has 1 aliphatic heterocycles. The summed E-state index contributed by atoms with van der Waals surface area (Å²) >= 11 is 0. The first-order chi connectivity index (χ1) is 5.41. The predicted molar refractivity (Wildman–Crippen MR) is 58.5 cm³/mol. The van der Waals surface area contributed by atoms with Gasteiger partial charge >= 0.3 is 0 Å². The molecule has 1 rings (SSSR count). The molecule has 1 nitrogen and oxygen atoms in total. The van der Waals surface area contributed by atoms with Crippen LogP contribution in [0.5, 0.6) is 0 Å². The highest BCUT2D eigenvalue weighted by atomic mass is 15.0. The van der Waals surface area contributed by atoms with Crippen LogP contribution in [0.2, 0.25) is 0 Å². The summed E-state index contributed by atoms with van der Waals surface area (Å²) in [6.07, 6.45) is 4.00. The quantitative estimate of drug-likeness (QED) is 0.551. The third-order valence-corrected chi connectivity index (χ3v) is 2.28. The molecule has 1 heterocycles. The van der Waals surface area contributed by atoms with E-state index in [4.69, 9.17) is 0 Å². The highest BCUT2D eigenvalue weighted by molar-refractivity contribution is 4.92. The van der Waals surface area contributed by atoms with Crippen molar-refractivity contribution in [3.8, 4) is 0 Å². The molecule has 1 fully saturated rings. The van der Waals surface area contributed by atoms with E-state index in [0.717, 1.165) is 0 Å². The first-order valence-corrected chi connectivity index (χ1v) is 4.71. The Balaban J connectivity index is 0. The van der Waals surface area contributed by atoms with Crippen molar-refractivity contribution in [1.82, 2.24) is 5.32 Å². The van der Waals surface area contributed by atoms with E-state index < -0.39 is 0 Å². The van der Waals surface area contributed by atoms with Crippen molar-refractivity contribution in [2.24, 2.45) is 0 Å². The normalized spacial score (nSPS) is 25.3. The fourth-order valence-electron chi connectivity index (χ4n) is 2.01. The maximum absolute atomic E-state index is 3.63. The third kappa shape index (κ3) is 3.91. The highest BCUT2D eigenvalue weighted by Crippen LogP contribution is 2.27. The number of rotatable bonds is 0. The van der Waals surface area contributed by atoms with Gasteiger partial charge in [-0.3, -0.25) is 0 Å². The molecule has 0 aromatic heterocycles. The van der Waals surface area contributed by atoms with Crippen LogP contribution in [0.1, 0.15) is 48.4 Å². The number of hydrogen-bond acceptors (Lipinski definition) is 1.